The lowest BCUT2D eigenvalue weighted by molar-refractivity contribution is 0.0690. The van der Waals surface area contributed by atoms with Crippen molar-refractivity contribution in [2.24, 2.45) is 5.92 Å². The van der Waals surface area contributed by atoms with Crippen LogP contribution in [0.4, 0.5) is 0 Å². The van der Waals surface area contributed by atoms with Crippen LogP contribution in [0.15, 0.2) is 53.4 Å². The SMILES string of the molecule is CCN(CC)S(=O)(=O)c1ccc(C(=O)N2CCC(Cc3ccc(OC)cc3)CC2)cc1. The van der Waals surface area contributed by atoms with E-state index >= 15 is 0 Å². The number of methoxy groups -OCH3 is 1. The van der Waals surface area contributed by atoms with E-state index in [0.717, 1.165) is 38.1 Å². The van der Waals surface area contributed by atoms with Crippen LogP contribution >= 0.6 is 0 Å². The molecule has 0 spiro atoms. The normalized spacial score (nSPS) is 15.3. The first-order valence-corrected chi connectivity index (χ1v) is 12.4. The van der Waals surface area contributed by atoms with Crippen LogP contribution in [0.1, 0.15) is 42.6 Å². The summed E-state index contributed by atoms with van der Waals surface area (Å²) in [6, 6.07) is 14.5. The third-order valence-corrected chi connectivity index (χ3v) is 8.09. The van der Waals surface area contributed by atoms with E-state index in [1.54, 1.807) is 19.2 Å². The van der Waals surface area contributed by atoms with Gasteiger partial charge in [0.05, 0.1) is 12.0 Å². The molecule has 1 amide bonds. The first kappa shape index (κ1) is 23.3. The molecule has 0 unspecified atom stereocenters. The van der Waals surface area contributed by atoms with E-state index in [1.807, 2.05) is 30.9 Å². The van der Waals surface area contributed by atoms with Crippen molar-refractivity contribution >= 4 is 15.9 Å². The number of carbonyl (C=O) groups is 1. The van der Waals surface area contributed by atoms with Gasteiger partial charge in [-0.15, -0.1) is 0 Å². The molecular weight excluding hydrogens is 412 g/mol. The Morgan fingerprint density at radius 2 is 1.58 bits per heavy atom. The Labute approximate surface area is 185 Å². The van der Waals surface area contributed by atoms with E-state index in [-0.39, 0.29) is 10.8 Å². The standard InChI is InChI=1S/C24H32N2O4S/c1-4-26(5-2)31(28,29)23-12-8-21(9-13-23)24(27)25-16-14-20(15-17-25)18-19-6-10-22(30-3)11-7-19/h6-13,20H,4-5,14-18H2,1-3H3. The van der Waals surface area contributed by atoms with Crippen molar-refractivity contribution in [1.29, 1.82) is 0 Å². The van der Waals surface area contributed by atoms with E-state index in [1.165, 1.54) is 22.0 Å². The molecule has 1 fully saturated rings. The first-order valence-electron chi connectivity index (χ1n) is 10.9. The monoisotopic (exact) mass is 444 g/mol. The molecule has 1 heterocycles. The highest BCUT2D eigenvalue weighted by Crippen LogP contribution is 2.24. The molecule has 1 aliphatic rings. The van der Waals surface area contributed by atoms with Gasteiger partial charge in [0.1, 0.15) is 5.75 Å². The van der Waals surface area contributed by atoms with Gasteiger partial charge in [-0.2, -0.15) is 4.31 Å². The highest BCUT2D eigenvalue weighted by atomic mass is 32.2. The maximum absolute atomic E-state index is 12.9. The van der Waals surface area contributed by atoms with Crippen LogP contribution in [-0.4, -0.2) is 56.8 Å². The molecule has 0 N–H and O–H groups in total. The fourth-order valence-electron chi connectivity index (χ4n) is 4.10. The van der Waals surface area contributed by atoms with E-state index in [2.05, 4.69) is 12.1 Å². The van der Waals surface area contributed by atoms with Crippen molar-refractivity contribution in [2.45, 2.75) is 38.0 Å². The lowest BCUT2D eigenvalue weighted by Crippen LogP contribution is -2.39. The second-order valence-electron chi connectivity index (χ2n) is 7.90. The number of ether oxygens (including phenoxy) is 1. The zero-order valence-electron chi connectivity index (χ0n) is 18.6. The summed E-state index contributed by atoms with van der Waals surface area (Å²) in [5.41, 5.74) is 1.82. The number of carbonyl (C=O) groups excluding carboxylic acids is 1. The zero-order chi connectivity index (χ0) is 22.4. The van der Waals surface area contributed by atoms with Crippen molar-refractivity contribution in [3.8, 4) is 5.75 Å². The van der Waals surface area contributed by atoms with E-state index in [0.29, 0.717) is 24.6 Å². The average molecular weight is 445 g/mol. The Bertz CT molecular complexity index is 960. The second-order valence-corrected chi connectivity index (χ2v) is 9.84. The Morgan fingerprint density at radius 3 is 2.10 bits per heavy atom. The summed E-state index contributed by atoms with van der Waals surface area (Å²) in [6.45, 7) is 5.92. The first-order chi connectivity index (χ1) is 14.9. The van der Waals surface area contributed by atoms with Gasteiger partial charge in [-0.05, 0) is 67.1 Å². The molecule has 0 bridgehead atoms. The molecule has 0 aromatic heterocycles. The van der Waals surface area contributed by atoms with Gasteiger partial charge in [0.15, 0.2) is 0 Å². The Kier molecular flexibility index (Phi) is 7.73. The van der Waals surface area contributed by atoms with Crippen LogP contribution in [0.3, 0.4) is 0 Å². The van der Waals surface area contributed by atoms with Gasteiger partial charge in [0.2, 0.25) is 10.0 Å². The van der Waals surface area contributed by atoms with Crippen LogP contribution in [0, 0.1) is 5.92 Å². The van der Waals surface area contributed by atoms with Gasteiger partial charge in [-0.3, -0.25) is 4.79 Å². The number of rotatable bonds is 8. The lowest BCUT2D eigenvalue weighted by atomic mass is 9.90. The predicted molar refractivity (Wildman–Crippen MR) is 122 cm³/mol. The fraction of sp³-hybridized carbons (Fsp3) is 0.458. The van der Waals surface area contributed by atoms with Gasteiger partial charge < -0.3 is 9.64 Å². The van der Waals surface area contributed by atoms with Gasteiger partial charge in [-0.1, -0.05) is 26.0 Å². The number of amides is 1. The Morgan fingerprint density at radius 1 is 1.00 bits per heavy atom. The summed E-state index contributed by atoms with van der Waals surface area (Å²) in [5, 5.41) is 0. The minimum atomic E-state index is -3.51. The number of piperidine rings is 1. The predicted octanol–water partition coefficient (Wildman–Crippen LogP) is 3.82. The molecule has 31 heavy (non-hydrogen) atoms. The highest BCUT2D eigenvalue weighted by Gasteiger charge is 2.25. The second kappa shape index (κ2) is 10.3. The summed E-state index contributed by atoms with van der Waals surface area (Å²) in [5.74, 6) is 1.38. The summed E-state index contributed by atoms with van der Waals surface area (Å²) in [6.07, 6.45) is 2.93. The molecule has 2 aromatic rings. The Balaban J connectivity index is 1.57. The molecule has 0 atom stereocenters. The molecule has 1 aliphatic heterocycles. The zero-order valence-corrected chi connectivity index (χ0v) is 19.4. The van der Waals surface area contributed by atoms with Gasteiger partial charge >= 0.3 is 0 Å². The molecule has 7 heteroatoms. The van der Waals surface area contributed by atoms with Crippen molar-refractivity contribution in [1.82, 2.24) is 9.21 Å². The maximum Gasteiger partial charge on any atom is 0.253 e. The van der Waals surface area contributed by atoms with Crippen LogP contribution in [-0.2, 0) is 16.4 Å². The molecular formula is C24H32N2O4S. The molecule has 168 valence electrons. The van der Waals surface area contributed by atoms with Gasteiger partial charge in [-0.25, -0.2) is 8.42 Å². The molecule has 2 aromatic carbocycles. The molecule has 0 aliphatic carbocycles. The number of sulfonamides is 1. The van der Waals surface area contributed by atoms with Gasteiger partial charge in [0, 0.05) is 31.7 Å². The van der Waals surface area contributed by atoms with Crippen LogP contribution < -0.4 is 4.74 Å². The largest absolute Gasteiger partial charge is 0.497 e. The smallest absolute Gasteiger partial charge is 0.253 e. The number of benzene rings is 2. The molecule has 1 saturated heterocycles. The van der Waals surface area contributed by atoms with Crippen molar-refractivity contribution in [3.63, 3.8) is 0 Å². The average Bonchev–Trinajstić information content (AvgIpc) is 2.80. The molecule has 0 radical (unpaired) electrons. The number of hydrogen-bond acceptors (Lipinski definition) is 4. The fourth-order valence-corrected chi connectivity index (χ4v) is 5.56. The third-order valence-electron chi connectivity index (χ3n) is 6.03. The summed E-state index contributed by atoms with van der Waals surface area (Å²) in [7, 11) is -1.84. The van der Waals surface area contributed by atoms with Crippen molar-refractivity contribution in [2.75, 3.05) is 33.3 Å². The molecule has 3 rings (SSSR count). The van der Waals surface area contributed by atoms with Crippen molar-refractivity contribution in [3.05, 3.63) is 59.7 Å². The van der Waals surface area contributed by atoms with E-state index < -0.39 is 10.0 Å². The summed E-state index contributed by atoms with van der Waals surface area (Å²) in [4.78, 5) is 15.0. The maximum atomic E-state index is 12.9. The Hall–Kier alpha value is -2.38. The van der Waals surface area contributed by atoms with Gasteiger partial charge in [0.25, 0.3) is 5.91 Å². The van der Waals surface area contributed by atoms with Crippen LogP contribution in [0.5, 0.6) is 5.75 Å². The lowest BCUT2D eigenvalue weighted by Gasteiger charge is -2.32. The van der Waals surface area contributed by atoms with Crippen molar-refractivity contribution < 1.29 is 17.9 Å². The quantitative estimate of drug-likeness (QED) is 0.621. The minimum Gasteiger partial charge on any atom is -0.497 e. The summed E-state index contributed by atoms with van der Waals surface area (Å²) >= 11 is 0. The topological polar surface area (TPSA) is 66.9 Å². The van der Waals surface area contributed by atoms with E-state index in [4.69, 9.17) is 4.74 Å². The number of likely N-dealkylation sites (tertiary alicyclic amines) is 1. The van der Waals surface area contributed by atoms with E-state index in [9.17, 15) is 13.2 Å². The van der Waals surface area contributed by atoms with Crippen LogP contribution in [0.2, 0.25) is 0 Å². The highest BCUT2D eigenvalue weighted by molar-refractivity contribution is 7.89. The third kappa shape index (κ3) is 5.46. The van der Waals surface area contributed by atoms with Crippen LogP contribution in [0.25, 0.3) is 0 Å². The summed E-state index contributed by atoms with van der Waals surface area (Å²) < 4.78 is 31.9. The number of hydrogen-bond donors (Lipinski definition) is 0. The number of nitrogens with zero attached hydrogens (tertiary/aromatic N) is 2. The molecule has 0 saturated carbocycles. The minimum absolute atomic E-state index is 0.0327. The molecule has 6 nitrogen and oxygen atoms in total.